The van der Waals surface area contributed by atoms with Crippen LogP contribution in [0, 0.1) is 11.6 Å². The molecular weight excluding hydrogens is 580 g/mol. The fraction of sp³-hybridized carbons (Fsp3) is 0.0857. The lowest BCUT2D eigenvalue weighted by Crippen LogP contribution is -2.23. The van der Waals surface area contributed by atoms with Crippen molar-refractivity contribution in [2.24, 2.45) is 5.16 Å². The van der Waals surface area contributed by atoms with Crippen LogP contribution in [-0.4, -0.2) is 32.0 Å². The molecule has 0 saturated carbocycles. The molecule has 2 N–H and O–H groups in total. The number of fused-ring (bicyclic) bond motifs is 2. The molecule has 0 bridgehead atoms. The SMILES string of the molecule is O=C(O)C(=NO)C(c1ccc(OCc2ccc3cc(F)ccc3n2)cc1)c1ccc(OCc2ccc3cc(F)ccc3n2)cc1. The number of hydrogen-bond acceptors (Lipinski definition) is 7. The van der Waals surface area contributed by atoms with Gasteiger partial charge in [0.15, 0.2) is 5.71 Å². The number of hydrogen-bond donors (Lipinski definition) is 2. The molecule has 6 aromatic rings. The van der Waals surface area contributed by atoms with Crippen LogP contribution in [0.1, 0.15) is 28.4 Å². The van der Waals surface area contributed by atoms with Crippen LogP contribution in [0.25, 0.3) is 21.8 Å². The van der Waals surface area contributed by atoms with Crippen LogP contribution < -0.4 is 9.47 Å². The number of aliphatic carboxylic acids is 1. The second-order valence-electron chi connectivity index (χ2n) is 10.2. The molecule has 45 heavy (non-hydrogen) atoms. The second-order valence-corrected chi connectivity index (χ2v) is 10.2. The van der Waals surface area contributed by atoms with Crippen molar-refractivity contribution < 1.29 is 33.4 Å². The molecule has 0 spiro atoms. The zero-order chi connectivity index (χ0) is 31.3. The minimum absolute atomic E-state index is 0.170. The number of pyridine rings is 2. The van der Waals surface area contributed by atoms with E-state index < -0.39 is 17.6 Å². The molecule has 0 unspecified atom stereocenters. The number of nitrogens with zero attached hydrogens (tertiary/aromatic N) is 3. The Morgan fingerprint density at radius 3 is 1.51 bits per heavy atom. The summed E-state index contributed by atoms with van der Waals surface area (Å²) < 4.78 is 38.7. The van der Waals surface area contributed by atoms with Crippen molar-refractivity contribution in [1.29, 1.82) is 0 Å². The zero-order valence-corrected chi connectivity index (χ0v) is 23.6. The van der Waals surface area contributed by atoms with E-state index >= 15 is 0 Å². The van der Waals surface area contributed by atoms with Gasteiger partial charge in [-0.3, -0.25) is 0 Å². The molecule has 2 heterocycles. The quantitative estimate of drug-likeness (QED) is 0.0959. The lowest BCUT2D eigenvalue weighted by Gasteiger charge is -2.18. The molecule has 0 aliphatic carbocycles. The molecule has 0 aliphatic heterocycles. The summed E-state index contributed by atoms with van der Waals surface area (Å²) in [7, 11) is 0. The third-order valence-electron chi connectivity index (χ3n) is 7.22. The van der Waals surface area contributed by atoms with Gasteiger partial charge in [0.2, 0.25) is 0 Å². The number of carboxylic acids is 1. The van der Waals surface area contributed by atoms with Gasteiger partial charge in [0.25, 0.3) is 0 Å². The maximum absolute atomic E-state index is 13.5. The maximum atomic E-state index is 13.5. The summed E-state index contributed by atoms with van der Waals surface area (Å²) in [5, 5.41) is 23.9. The first-order valence-electron chi connectivity index (χ1n) is 13.9. The van der Waals surface area contributed by atoms with Gasteiger partial charge in [-0.15, -0.1) is 0 Å². The summed E-state index contributed by atoms with van der Waals surface area (Å²) in [5.41, 5.74) is 3.30. The molecule has 0 aliphatic rings. The van der Waals surface area contributed by atoms with Gasteiger partial charge in [0, 0.05) is 10.8 Å². The predicted octanol–water partition coefficient (Wildman–Crippen LogP) is 7.27. The standard InChI is InChI=1S/C35H25F2N3O5/c36-25-7-15-31-23(17-25)1-9-27(38-31)19-44-29-11-3-21(4-12-29)33(34(40-43)35(41)42)22-5-13-30(14-6-22)45-20-28-10-2-24-18-26(37)8-16-32(24)39-28/h1-18,33,43H,19-20H2,(H,41,42). The summed E-state index contributed by atoms with van der Waals surface area (Å²) in [5.74, 6) is -1.88. The smallest absolute Gasteiger partial charge is 0.354 e. The molecule has 0 radical (unpaired) electrons. The number of aromatic nitrogens is 2. The molecular formula is C35H25F2N3O5. The third kappa shape index (κ3) is 6.70. The van der Waals surface area contributed by atoms with Gasteiger partial charge < -0.3 is 19.8 Å². The van der Waals surface area contributed by atoms with Gasteiger partial charge in [0.05, 0.1) is 28.3 Å². The van der Waals surface area contributed by atoms with Crippen molar-refractivity contribution in [3.05, 3.63) is 143 Å². The topological polar surface area (TPSA) is 114 Å². The van der Waals surface area contributed by atoms with Crippen molar-refractivity contribution in [3.8, 4) is 11.5 Å². The Morgan fingerprint density at radius 1 is 0.667 bits per heavy atom. The molecule has 0 fully saturated rings. The summed E-state index contributed by atoms with van der Waals surface area (Å²) in [6.07, 6.45) is 0. The fourth-order valence-corrected chi connectivity index (χ4v) is 5.00. The maximum Gasteiger partial charge on any atom is 0.354 e. The average Bonchev–Trinajstić information content (AvgIpc) is 3.05. The van der Waals surface area contributed by atoms with E-state index in [4.69, 9.17) is 9.47 Å². The molecule has 4 aromatic carbocycles. The number of carboxylic acid groups (broad SMARTS) is 1. The van der Waals surface area contributed by atoms with Gasteiger partial charge in [0.1, 0.15) is 36.3 Å². The first-order valence-corrected chi connectivity index (χ1v) is 13.9. The lowest BCUT2D eigenvalue weighted by molar-refractivity contribution is -0.129. The van der Waals surface area contributed by atoms with Crippen molar-refractivity contribution in [1.82, 2.24) is 9.97 Å². The van der Waals surface area contributed by atoms with E-state index in [2.05, 4.69) is 15.1 Å². The van der Waals surface area contributed by atoms with Gasteiger partial charge in [-0.05, 0) is 83.9 Å². The highest BCUT2D eigenvalue weighted by Crippen LogP contribution is 2.30. The van der Waals surface area contributed by atoms with Crippen LogP contribution in [0.5, 0.6) is 11.5 Å². The number of rotatable bonds is 10. The highest BCUT2D eigenvalue weighted by Gasteiger charge is 2.27. The van der Waals surface area contributed by atoms with Gasteiger partial charge in [-0.2, -0.15) is 0 Å². The number of oxime groups is 1. The molecule has 0 saturated heterocycles. The number of halogens is 2. The number of benzene rings is 4. The zero-order valence-electron chi connectivity index (χ0n) is 23.6. The minimum atomic E-state index is -1.37. The Labute approximate surface area is 255 Å². The second kappa shape index (κ2) is 12.8. The first kappa shape index (κ1) is 29.2. The van der Waals surface area contributed by atoms with Crippen LogP contribution in [0.3, 0.4) is 0 Å². The van der Waals surface area contributed by atoms with Crippen molar-refractivity contribution >= 4 is 33.5 Å². The Balaban J connectivity index is 1.16. The van der Waals surface area contributed by atoms with Gasteiger partial charge in [-0.25, -0.2) is 23.5 Å². The fourth-order valence-electron chi connectivity index (χ4n) is 5.00. The van der Waals surface area contributed by atoms with Crippen molar-refractivity contribution in [2.45, 2.75) is 19.1 Å². The van der Waals surface area contributed by atoms with Crippen molar-refractivity contribution in [3.63, 3.8) is 0 Å². The molecule has 10 heteroatoms. The first-order chi connectivity index (χ1) is 21.9. The van der Waals surface area contributed by atoms with Crippen LogP contribution in [0.2, 0.25) is 0 Å². The average molecular weight is 606 g/mol. The minimum Gasteiger partial charge on any atom is -0.487 e. The van der Waals surface area contributed by atoms with Crippen LogP contribution in [0.4, 0.5) is 8.78 Å². The van der Waals surface area contributed by atoms with E-state index in [0.29, 0.717) is 55.8 Å². The molecule has 2 aromatic heterocycles. The van der Waals surface area contributed by atoms with Gasteiger partial charge >= 0.3 is 5.97 Å². The van der Waals surface area contributed by atoms with E-state index in [0.717, 1.165) is 0 Å². The monoisotopic (exact) mass is 605 g/mol. The van der Waals surface area contributed by atoms with E-state index in [1.54, 1.807) is 84.9 Å². The Kier molecular flexibility index (Phi) is 8.28. The Morgan fingerprint density at radius 2 is 1.11 bits per heavy atom. The molecule has 8 nitrogen and oxygen atoms in total. The lowest BCUT2D eigenvalue weighted by atomic mass is 9.87. The van der Waals surface area contributed by atoms with Crippen molar-refractivity contribution in [2.75, 3.05) is 0 Å². The largest absolute Gasteiger partial charge is 0.487 e. The van der Waals surface area contributed by atoms with Crippen LogP contribution >= 0.6 is 0 Å². The van der Waals surface area contributed by atoms with E-state index in [-0.39, 0.29) is 24.8 Å². The summed E-state index contributed by atoms with van der Waals surface area (Å²) in [4.78, 5) is 21.0. The molecule has 0 amide bonds. The summed E-state index contributed by atoms with van der Waals surface area (Å²) in [6, 6.07) is 29.4. The Hall–Kier alpha value is -5.90. The van der Waals surface area contributed by atoms with E-state index in [9.17, 15) is 23.9 Å². The number of ether oxygens (including phenoxy) is 2. The molecule has 6 rings (SSSR count). The van der Waals surface area contributed by atoms with E-state index in [1.165, 1.54) is 24.3 Å². The van der Waals surface area contributed by atoms with Crippen LogP contribution in [0.15, 0.2) is 114 Å². The van der Waals surface area contributed by atoms with Crippen LogP contribution in [-0.2, 0) is 18.0 Å². The highest BCUT2D eigenvalue weighted by molar-refractivity contribution is 6.38. The highest BCUT2D eigenvalue weighted by atomic mass is 19.1. The molecule has 224 valence electrons. The summed E-state index contributed by atoms with van der Waals surface area (Å²) in [6.45, 7) is 0.340. The summed E-state index contributed by atoms with van der Waals surface area (Å²) >= 11 is 0. The predicted molar refractivity (Wildman–Crippen MR) is 164 cm³/mol. The number of carbonyl (C=O) groups is 1. The normalized spacial score (nSPS) is 11.7. The Bertz CT molecular complexity index is 1900. The third-order valence-corrected chi connectivity index (χ3v) is 7.22. The van der Waals surface area contributed by atoms with Gasteiger partial charge in [-0.1, -0.05) is 41.6 Å². The molecule has 0 atom stereocenters. The van der Waals surface area contributed by atoms with E-state index in [1.807, 2.05) is 0 Å².